The van der Waals surface area contributed by atoms with Gasteiger partial charge in [0.2, 0.25) is 0 Å². The summed E-state index contributed by atoms with van der Waals surface area (Å²) in [7, 11) is 3.24. The van der Waals surface area contributed by atoms with Gasteiger partial charge in [0.05, 0.1) is 45.7 Å². The van der Waals surface area contributed by atoms with Crippen molar-refractivity contribution >= 4 is 23.2 Å². The van der Waals surface area contributed by atoms with E-state index in [4.69, 9.17) is 30.9 Å². The molecule has 31 heavy (non-hydrogen) atoms. The number of halogens is 1. The number of hydrogen-bond donors (Lipinski definition) is 0. The van der Waals surface area contributed by atoms with Crippen LogP contribution in [0.15, 0.2) is 47.6 Å². The molecule has 2 aromatic rings. The van der Waals surface area contributed by atoms with E-state index in [0.29, 0.717) is 36.2 Å². The minimum atomic E-state index is -0.315. The third-order valence-corrected chi connectivity index (χ3v) is 5.94. The Kier molecular flexibility index (Phi) is 6.75. The molecule has 0 aliphatic carbocycles. The van der Waals surface area contributed by atoms with E-state index in [1.807, 2.05) is 42.5 Å². The highest BCUT2D eigenvalue weighted by atomic mass is 35.5. The molecule has 4 rings (SSSR count). The number of morpholine rings is 1. The molecule has 2 aliphatic heterocycles. The molecule has 2 aliphatic rings. The Morgan fingerprint density at radius 1 is 1.16 bits per heavy atom. The second-order valence-electron chi connectivity index (χ2n) is 7.48. The molecule has 164 valence electrons. The maximum atomic E-state index is 13.3. The van der Waals surface area contributed by atoms with Crippen LogP contribution in [-0.4, -0.2) is 68.6 Å². The third kappa shape index (κ3) is 4.69. The summed E-state index contributed by atoms with van der Waals surface area (Å²) in [5.41, 5.74) is 2.46. The summed E-state index contributed by atoms with van der Waals surface area (Å²) in [6, 6.07) is 12.8. The summed E-state index contributed by atoms with van der Waals surface area (Å²) in [6.45, 7) is 3.01. The molecule has 1 unspecified atom stereocenters. The number of rotatable bonds is 6. The molecule has 0 N–H and O–H groups in total. The smallest absolute Gasteiger partial charge is 0.257 e. The third-order valence-electron chi connectivity index (χ3n) is 5.61. The first-order chi connectivity index (χ1) is 15.1. The average molecular weight is 444 g/mol. The molecule has 2 aromatic carbocycles. The number of nitrogens with zero attached hydrogens (tertiary/aromatic N) is 3. The van der Waals surface area contributed by atoms with Crippen LogP contribution in [-0.2, 0) is 9.53 Å². The van der Waals surface area contributed by atoms with Crippen LogP contribution in [0.2, 0.25) is 5.02 Å². The predicted octanol–water partition coefficient (Wildman–Crippen LogP) is 3.37. The SMILES string of the molecule is COc1ccc(OC)c(C2CC(c3ccccc3Cl)=NN2C(=O)CN2CCOCC2)c1. The summed E-state index contributed by atoms with van der Waals surface area (Å²) in [5, 5.41) is 6.92. The number of carbonyl (C=O) groups excluding carboxylic acids is 1. The molecular formula is C23H26ClN3O4. The van der Waals surface area contributed by atoms with Gasteiger partial charge in [-0.15, -0.1) is 0 Å². The van der Waals surface area contributed by atoms with E-state index in [1.54, 1.807) is 19.2 Å². The van der Waals surface area contributed by atoms with Crippen molar-refractivity contribution < 1.29 is 19.0 Å². The average Bonchev–Trinajstić information content (AvgIpc) is 3.25. The van der Waals surface area contributed by atoms with Crippen LogP contribution in [0, 0.1) is 0 Å². The van der Waals surface area contributed by atoms with Gasteiger partial charge in [-0.1, -0.05) is 29.8 Å². The zero-order chi connectivity index (χ0) is 21.8. The molecular weight excluding hydrogens is 418 g/mol. The fraction of sp³-hybridized carbons (Fsp3) is 0.391. The molecule has 2 heterocycles. The topological polar surface area (TPSA) is 63.6 Å². The summed E-state index contributed by atoms with van der Waals surface area (Å²) in [6.07, 6.45) is 0.530. The number of ether oxygens (including phenoxy) is 3. The number of methoxy groups -OCH3 is 2. The van der Waals surface area contributed by atoms with E-state index in [0.717, 1.165) is 29.9 Å². The Morgan fingerprint density at radius 3 is 2.65 bits per heavy atom. The lowest BCUT2D eigenvalue weighted by atomic mass is 9.97. The van der Waals surface area contributed by atoms with E-state index in [2.05, 4.69) is 4.90 Å². The summed E-state index contributed by atoms with van der Waals surface area (Å²) in [4.78, 5) is 15.4. The van der Waals surface area contributed by atoms with E-state index in [1.165, 1.54) is 0 Å². The van der Waals surface area contributed by atoms with Gasteiger partial charge in [-0.25, -0.2) is 5.01 Å². The standard InChI is InChI=1S/C23H26ClN3O4/c1-29-16-7-8-22(30-2)18(13-16)21-14-20(17-5-3-4-6-19(17)24)25-27(21)23(28)15-26-9-11-31-12-10-26/h3-8,13,21H,9-12,14-15H2,1-2H3. The number of hydrogen-bond acceptors (Lipinski definition) is 6. The lowest BCUT2D eigenvalue weighted by Crippen LogP contribution is -2.43. The van der Waals surface area contributed by atoms with Crippen molar-refractivity contribution in [2.45, 2.75) is 12.5 Å². The molecule has 1 saturated heterocycles. The predicted molar refractivity (Wildman–Crippen MR) is 119 cm³/mol. The molecule has 1 amide bonds. The Morgan fingerprint density at radius 2 is 1.94 bits per heavy atom. The van der Waals surface area contributed by atoms with Gasteiger partial charge in [-0.3, -0.25) is 9.69 Å². The van der Waals surface area contributed by atoms with Gasteiger partial charge in [0.25, 0.3) is 5.91 Å². The fourth-order valence-corrected chi connectivity index (χ4v) is 4.21. The van der Waals surface area contributed by atoms with Crippen LogP contribution >= 0.6 is 11.6 Å². The van der Waals surface area contributed by atoms with Crippen LogP contribution in [0.5, 0.6) is 11.5 Å². The van der Waals surface area contributed by atoms with Crippen molar-refractivity contribution in [3.8, 4) is 11.5 Å². The van der Waals surface area contributed by atoms with Crippen molar-refractivity contribution in [2.24, 2.45) is 5.10 Å². The summed E-state index contributed by atoms with van der Waals surface area (Å²) >= 11 is 6.44. The minimum Gasteiger partial charge on any atom is -0.497 e. The Balaban J connectivity index is 1.69. The molecule has 7 nitrogen and oxygen atoms in total. The molecule has 1 fully saturated rings. The van der Waals surface area contributed by atoms with Gasteiger partial charge in [0.15, 0.2) is 0 Å². The second-order valence-corrected chi connectivity index (χ2v) is 7.89. The van der Waals surface area contributed by atoms with E-state index < -0.39 is 0 Å². The van der Waals surface area contributed by atoms with Gasteiger partial charge in [0.1, 0.15) is 11.5 Å². The largest absolute Gasteiger partial charge is 0.497 e. The van der Waals surface area contributed by atoms with Crippen LogP contribution < -0.4 is 9.47 Å². The number of hydrazone groups is 1. The normalized spacial score (nSPS) is 19.3. The van der Waals surface area contributed by atoms with Crippen LogP contribution in [0.4, 0.5) is 0 Å². The molecule has 1 atom stereocenters. The van der Waals surface area contributed by atoms with Crippen LogP contribution in [0.1, 0.15) is 23.6 Å². The summed E-state index contributed by atoms with van der Waals surface area (Å²) < 4.78 is 16.4. The first-order valence-electron chi connectivity index (χ1n) is 10.3. The Hall–Kier alpha value is -2.61. The highest BCUT2D eigenvalue weighted by Crippen LogP contribution is 2.40. The number of benzene rings is 2. The van der Waals surface area contributed by atoms with E-state index >= 15 is 0 Å². The van der Waals surface area contributed by atoms with E-state index in [-0.39, 0.29) is 18.5 Å². The van der Waals surface area contributed by atoms with E-state index in [9.17, 15) is 4.79 Å². The van der Waals surface area contributed by atoms with Gasteiger partial charge < -0.3 is 14.2 Å². The molecule has 0 radical (unpaired) electrons. The van der Waals surface area contributed by atoms with Crippen molar-refractivity contribution in [3.63, 3.8) is 0 Å². The fourth-order valence-electron chi connectivity index (χ4n) is 3.96. The van der Waals surface area contributed by atoms with Crippen molar-refractivity contribution in [1.82, 2.24) is 9.91 Å². The Bertz CT molecular complexity index is 975. The summed E-state index contributed by atoms with van der Waals surface area (Å²) in [5.74, 6) is 1.31. The van der Waals surface area contributed by atoms with Gasteiger partial charge in [0, 0.05) is 35.7 Å². The van der Waals surface area contributed by atoms with Crippen molar-refractivity contribution in [1.29, 1.82) is 0 Å². The lowest BCUT2D eigenvalue weighted by molar-refractivity contribution is -0.135. The quantitative estimate of drug-likeness (QED) is 0.685. The van der Waals surface area contributed by atoms with Gasteiger partial charge >= 0.3 is 0 Å². The Labute approximate surface area is 187 Å². The van der Waals surface area contributed by atoms with Gasteiger partial charge in [-0.2, -0.15) is 5.10 Å². The molecule has 8 heteroatoms. The molecule has 0 saturated carbocycles. The van der Waals surface area contributed by atoms with Gasteiger partial charge in [-0.05, 0) is 24.3 Å². The molecule has 0 aromatic heterocycles. The van der Waals surface area contributed by atoms with Crippen LogP contribution in [0.3, 0.4) is 0 Å². The minimum absolute atomic E-state index is 0.0705. The number of amides is 1. The monoisotopic (exact) mass is 443 g/mol. The first-order valence-corrected chi connectivity index (χ1v) is 10.6. The van der Waals surface area contributed by atoms with Crippen molar-refractivity contribution in [2.75, 3.05) is 47.1 Å². The lowest BCUT2D eigenvalue weighted by Gasteiger charge is -2.29. The maximum absolute atomic E-state index is 13.3. The zero-order valence-electron chi connectivity index (χ0n) is 17.7. The second kappa shape index (κ2) is 9.68. The highest BCUT2D eigenvalue weighted by molar-refractivity contribution is 6.34. The molecule has 0 bridgehead atoms. The highest BCUT2D eigenvalue weighted by Gasteiger charge is 2.36. The maximum Gasteiger partial charge on any atom is 0.257 e. The van der Waals surface area contributed by atoms with Crippen LogP contribution in [0.25, 0.3) is 0 Å². The number of carbonyl (C=O) groups is 1. The molecule has 0 spiro atoms. The first kappa shape index (κ1) is 21.6. The van der Waals surface area contributed by atoms with Crippen molar-refractivity contribution in [3.05, 3.63) is 58.6 Å². The zero-order valence-corrected chi connectivity index (χ0v) is 18.5.